The molecule has 0 spiro atoms. The van der Waals surface area contributed by atoms with Crippen molar-refractivity contribution in [2.45, 2.75) is 51.0 Å². The Morgan fingerprint density at radius 3 is 2.53 bits per heavy atom. The number of thioether (sulfide) groups is 1. The second-order valence-corrected chi connectivity index (χ2v) is 7.23. The number of hydrogen-bond donors (Lipinski definition) is 0. The van der Waals surface area contributed by atoms with Crippen molar-refractivity contribution < 1.29 is 0 Å². The Labute approximate surface area is 121 Å². The van der Waals surface area contributed by atoms with E-state index in [-0.39, 0.29) is 5.92 Å². The molecule has 0 bridgehead atoms. The molecule has 1 aromatic carbocycles. The second-order valence-electron chi connectivity index (χ2n) is 6.00. The third-order valence-electron chi connectivity index (χ3n) is 3.97. The van der Waals surface area contributed by atoms with Crippen molar-refractivity contribution in [1.82, 2.24) is 0 Å². The summed E-state index contributed by atoms with van der Waals surface area (Å²) in [5, 5.41) is 9.79. The molecule has 2 rings (SSSR count). The second kappa shape index (κ2) is 6.48. The van der Waals surface area contributed by atoms with Crippen LogP contribution in [0.1, 0.15) is 42.9 Å². The van der Waals surface area contributed by atoms with E-state index in [0.29, 0.717) is 5.25 Å². The third-order valence-corrected chi connectivity index (χ3v) is 5.41. The highest BCUT2D eigenvalue weighted by molar-refractivity contribution is 7.99. The van der Waals surface area contributed by atoms with E-state index in [4.69, 9.17) is 0 Å². The predicted octanol–water partition coefficient (Wildman–Crippen LogP) is 4.87. The topological polar surface area (TPSA) is 23.8 Å². The normalized spacial score (nSPS) is 26.9. The lowest BCUT2D eigenvalue weighted by Gasteiger charge is -2.30. The molecule has 1 aliphatic carbocycles. The van der Waals surface area contributed by atoms with Crippen LogP contribution in [0.2, 0.25) is 0 Å². The van der Waals surface area contributed by atoms with Crippen LogP contribution < -0.4 is 0 Å². The largest absolute Gasteiger partial charge is 0.198 e. The average Bonchev–Trinajstić information content (AvgIpc) is 2.35. The quantitative estimate of drug-likeness (QED) is 0.785. The van der Waals surface area contributed by atoms with Gasteiger partial charge in [-0.15, -0.1) is 0 Å². The first-order valence-corrected chi connectivity index (χ1v) is 8.21. The van der Waals surface area contributed by atoms with Gasteiger partial charge in [0.15, 0.2) is 0 Å². The first-order valence-electron chi connectivity index (χ1n) is 7.17. The van der Waals surface area contributed by atoms with Gasteiger partial charge in [-0.3, -0.25) is 0 Å². The van der Waals surface area contributed by atoms with E-state index in [1.54, 1.807) is 0 Å². The minimum Gasteiger partial charge on any atom is -0.198 e. The highest BCUT2D eigenvalue weighted by Crippen LogP contribution is 2.37. The molecule has 0 heterocycles. The summed E-state index contributed by atoms with van der Waals surface area (Å²) in [6.07, 6.45) is 3.51. The molecule has 0 aromatic heterocycles. The zero-order valence-corrected chi connectivity index (χ0v) is 13.0. The molecule has 0 aliphatic heterocycles. The van der Waals surface area contributed by atoms with E-state index in [1.165, 1.54) is 29.5 Å². The number of nitriles is 1. The van der Waals surface area contributed by atoms with Gasteiger partial charge in [-0.25, -0.2) is 0 Å². The fourth-order valence-corrected chi connectivity index (χ4v) is 4.48. The lowest BCUT2D eigenvalue weighted by atomic mass is 9.83. The van der Waals surface area contributed by atoms with Gasteiger partial charge in [0.25, 0.3) is 0 Å². The smallest absolute Gasteiger partial charge is 0.0667 e. The van der Waals surface area contributed by atoms with Crippen molar-refractivity contribution in [3.05, 3.63) is 34.9 Å². The van der Waals surface area contributed by atoms with Gasteiger partial charge in [0.05, 0.1) is 12.0 Å². The Morgan fingerprint density at radius 2 is 1.89 bits per heavy atom. The van der Waals surface area contributed by atoms with E-state index in [1.807, 2.05) is 11.8 Å². The number of rotatable bonds is 3. The predicted molar refractivity (Wildman–Crippen MR) is 83.1 cm³/mol. The molecule has 1 fully saturated rings. The van der Waals surface area contributed by atoms with Crippen LogP contribution in [0.15, 0.2) is 18.2 Å². The molecular formula is C17H23NS. The summed E-state index contributed by atoms with van der Waals surface area (Å²) in [6.45, 7) is 6.63. The molecule has 1 nitrogen and oxygen atoms in total. The van der Waals surface area contributed by atoms with Crippen LogP contribution in [0, 0.1) is 37.0 Å². The monoisotopic (exact) mass is 273 g/mol. The third kappa shape index (κ3) is 4.01. The Morgan fingerprint density at radius 1 is 1.21 bits per heavy atom. The summed E-state index contributed by atoms with van der Waals surface area (Å²) in [4.78, 5) is 0. The van der Waals surface area contributed by atoms with Crippen molar-refractivity contribution in [1.29, 1.82) is 5.26 Å². The molecule has 19 heavy (non-hydrogen) atoms. The van der Waals surface area contributed by atoms with Crippen LogP contribution in [-0.4, -0.2) is 5.25 Å². The molecule has 0 saturated heterocycles. The zero-order valence-electron chi connectivity index (χ0n) is 12.1. The van der Waals surface area contributed by atoms with Gasteiger partial charge in [0, 0.05) is 11.0 Å². The molecule has 0 N–H and O–H groups in total. The molecule has 102 valence electrons. The summed E-state index contributed by atoms with van der Waals surface area (Å²) < 4.78 is 0. The molecule has 3 atom stereocenters. The summed E-state index contributed by atoms with van der Waals surface area (Å²) in [6, 6.07) is 9.27. The van der Waals surface area contributed by atoms with Crippen LogP contribution in [-0.2, 0) is 5.75 Å². The molecule has 2 heteroatoms. The summed E-state index contributed by atoms with van der Waals surface area (Å²) >= 11 is 1.98. The van der Waals surface area contributed by atoms with E-state index in [0.717, 1.165) is 18.1 Å². The van der Waals surface area contributed by atoms with Gasteiger partial charge in [-0.2, -0.15) is 17.0 Å². The van der Waals surface area contributed by atoms with E-state index in [9.17, 15) is 5.26 Å². The number of hydrogen-bond acceptors (Lipinski definition) is 2. The van der Waals surface area contributed by atoms with Crippen LogP contribution in [0.4, 0.5) is 0 Å². The molecule has 1 aliphatic rings. The number of aryl methyl sites for hydroxylation is 2. The van der Waals surface area contributed by atoms with Gasteiger partial charge in [-0.05, 0) is 44.6 Å². The molecular weight excluding hydrogens is 250 g/mol. The summed E-state index contributed by atoms with van der Waals surface area (Å²) in [5.41, 5.74) is 4.08. The standard InChI is InChI=1S/C17H23NS/c1-12-4-5-16(10-18)17(9-12)19-11-15-7-13(2)6-14(3)8-15/h6-8,12,16-17H,4-5,9,11H2,1-3H3. The van der Waals surface area contributed by atoms with Crippen LogP contribution in [0.5, 0.6) is 0 Å². The van der Waals surface area contributed by atoms with Crippen LogP contribution in [0.3, 0.4) is 0 Å². The number of nitrogens with zero attached hydrogens (tertiary/aromatic N) is 1. The lowest BCUT2D eigenvalue weighted by molar-refractivity contribution is 0.345. The minimum atomic E-state index is 0.257. The van der Waals surface area contributed by atoms with Gasteiger partial charge in [-0.1, -0.05) is 36.2 Å². The highest BCUT2D eigenvalue weighted by atomic mass is 32.2. The van der Waals surface area contributed by atoms with Crippen molar-refractivity contribution in [2.24, 2.45) is 11.8 Å². The van der Waals surface area contributed by atoms with Crippen LogP contribution >= 0.6 is 11.8 Å². The molecule has 1 saturated carbocycles. The molecule has 3 unspecified atom stereocenters. The van der Waals surface area contributed by atoms with Gasteiger partial charge < -0.3 is 0 Å². The van der Waals surface area contributed by atoms with E-state index < -0.39 is 0 Å². The van der Waals surface area contributed by atoms with Crippen molar-refractivity contribution >= 4 is 11.8 Å². The Kier molecular flexibility index (Phi) is 4.93. The SMILES string of the molecule is Cc1cc(C)cc(CSC2CC(C)CCC2C#N)c1. The lowest BCUT2D eigenvalue weighted by Crippen LogP contribution is -2.25. The Balaban J connectivity index is 1.98. The molecule has 1 aromatic rings. The maximum atomic E-state index is 9.27. The summed E-state index contributed by atoms with van der Waals surface area (Å²) in [7, 11) is 0. The first kappa shape index (κ1) is 14.5. The van der Waals surface area contributed by atoms with Crippen LogP contribution in [0.25, 0.3) is 0 Å². The minimum absolute atomic E-state index is 0.257. The Hall–Kier alpha value is -0.940. The van der Waals surface area contributed by atoms with Gasteiger partial charge >= 0.3 is 0 Å². The maximum Gasteiger partial charge on any atom is 0.0667 e. The fourth-order valence-electron chi connectivity index (χ4n) is 3.02. The average molecular weight is 273 g/mol. The van der Waals surface area contributed by atoms with E-state index in [2.05, 4.69) is 45.0 Å². The summed E-state index contributed by atoms with van der Waals surface area (Å²) in [5.74, 6) is 2.08. The van der Waals surface area contributed by atoms with E-state index >= 15 is 0 Å². The molecule has 0 radical (unpaired) electrons. The van der Waals surface area contributed by atoms with Crippen molar-refractivity contribution in [2.75, 3.05) is 0 Å². The first-order chi connectivity index (χ1) is 9.08. The van der Waals surface area contributed by atoms with Crippen molar-refractivity contribution in [3.63, 3.8) is 0 Å². The number of benzene rings is 1. The molecule has 0 amide bonds. The highest BCUT2D eigenvalue weighted by Gasteiger charge is 2.28. The van der Waals surface area contributed by atoms with Gasteiger partial charge in [0.1, 0.15) is 0 Å². The Bertz CT molecular complexity index is 454. The zero-order chi connectivity index (χ0) is 13.8. The van der Waals surface area contributed by atoms with Gasteiger partial charge in [0.2, 0.25) is 0 Å². The van der Waals surface area contributed by atoms with Crippen molar-refractivity contribution in [3.8, 4) is 6.07 Å². The maximum absolute atomic E-state index is 9.27. The fraction of sp³-hybridized carbons (Fsp3) is 0.588.